The Morgan fingerprint density at radius 3 is 1.57 bits per heavy atom. The maximum atomic E-state index is 8.71. The molecular weight excluding hydrogens is 288 g/mol. The minimum Gasteiger partial charge on any atom is -0.287 e. The molecule has 0 spiro atoms. The first kappa shape index (κ1) is 15.0. The predicted octanol–water partition coefficient (Wildman–Crippen LogP) is 2.06. The molecule has 120 valence electrons. The average molecular weight is 310 g/mol. The smallest absolute Gasteiger partial charge is 0.252 e. The van der Waals surface area contributed by atoms with E-state index < -0.39 is 0 Å². The quantitative estimate of drug-likeness (QED) is 0.638. The third kappa shape index (κ3) is 3.31. The van der Waals surface area contributed by atoms with Crippen LogP contribution in [0.5, 0.6) is 0 Å². The van der Waals surface area contributed by atoms with E-state index in [0.29, 0.717) is 5.96 Å². The average Bonchev–Trinajstić information content (AvgIpc) is 2.64. The summed E-state index contributed by atoms with van der Waals surface area (Å²) < 4.78 is 0. The van der Waals surface area contributed by atoms with Crippen molar-refractivity contribution in [2.75, 3.05) is 26.7 Å². The van der Waals surface area contributed by atoms with Crippen molar-refractivity contribution in [2.24, 2.45) is 0 Å². The van der Waals surface area contributed by atoms with E-state index in [1.165, 1.54) is 0 Å². The zero-order valence-electron chi connectivity index (χ0n) is 13.3. The van der Waals surface area contributed by atoms with Gasteiger partial charge < -0.3 is 0 Å². The van der Waals surface area contributed by atoms with Gasteiger partial charge >= 0.3 is 0 Å². The summed E-state index contributed by atoms with van der Waals surface area (Å²) in [6.07, 6.45) is 24.2. The Hall–Kier alpha value is -2.89. The summed E-state index contributed by atoms with van der Waals surface area (Å²) >= 11 is 0. The van der Waals surface area contributed by atoms with Gasteiger partial charge in [-0.2, -0.15) is 5.12 Å². The second kappa shape index (κ2) is 6.91. The van der Waals surface area contributed by atoms with Crippen LogP contribution in [-0.4, -0.2) is 57.8 Å². The van der Waals surface area contributed by atoms with Crippen LogP contribution in [0.15, 0.2) is 73.3 Å². The van der Waals surface area contributed by atoms with Gasteiger partial charge in [0.2, 0.25) is 0 Å². The van der Waals surface area contributed by atoms with Gasteiger partial charge in [0, 0.05) is 25.6 Å². The summed E-state index contributed by atoms with van der Waals surface area (Å²) in [5, 5.41) is 18.5. The Morgan fingerprint density at radius 1 is 0.739 bits per heavy atom. The highest BCUT2D eigenvalue weighted by Gasteiger charge is 2.26. The Labute approximate surface area is 137 Å². The number of hydrogen-bond donors (Lipinski definition) is 1. The molecule has 0 saturated carbocycles. The number of hydrogen-bond acceptors (Lipinski definition) is 4. The lowest BCUT2D eigenvalue weighted by atomic mass is 10.4. The Balaban J connectivity index is 1.80. The highest BCUT2D eigenvalue weighted by atomic mass is 15.9. The van der Waals surface area contributed by atoms with E-state index in [1.807, 2.05) is 87.3 Å². The van der Waals surface area contributed by atoms with Crippen LogP contribution in [0, 0.1) is 5.41 Å². The highest BCUT2D eigenvalue weighted by molar-refractivity contribution is 5.75. The normalized spacial score (nSPS) is 18.7. The van der Waals surface area contributed by atoms with Crippen molar-refractivity contribution in [1.29, 1.82) is 5.41 Å². The SMILES string of the molecule is CN(C(=N)N(N1C=CC=CC1)N1C=CC=CC1)N1C=CC=CC1. The molecule has 23 heavy (non-hydrogen) atoms. The molecule has 3 aliphatic rings. The van der Waals surface area contributed by atoms with E-state index in [-0.39, 0.29) is 0 Å². The first-order chi connectivity index (χ1) is 11.3. The van der Waals surface area contributed by atoms with Crippen LogP contribution >= 0.6 is 0 Å². The highest BCUT2D eigenvalue weighted by Crippen LogP contribution is 2.15. The van der Waals surface area contributed by atoms with Gasteiger partial charge in [-0.15, -0.1) is 0 Å². The summed E-state index contributed by atoms with van der Waals surface area (Å²) in [6.45, 7) is 2.22. The zero-order valence-corrected chi connectivity index (χ0v) is 13.3. The number of allylic oxidation sites excluding steroid dienone is 6. The maximum absolute atomic E-state index is 8.71. The fourth-order valence-corrected chi connectivity index (χ4v) is 2.52. The number of hydrazine groups is 3. The van der Waals surface area contributed by atoms with Crippen molar-refractivity contribution in [3.05, 3.63) is 73.3 Å². The standard InChI is InChI=1S/C17H22N6/c1-19(20-11-5-2-6-12-20)17(18)23(21-13-7-3-8-14-21)22-15-9-4-10-16-22/h2-11,13,15,18H,12,14,16H2,1H3. The topological polar surface area (TPSA) is 40.1 Å². The first-order valence-corrected chi connectivity index (χ1v) is 7.69. The minimum atomic E-state index is 0.379. The van der Waals surface area contributed by atoms with E-state index in [9.17, 15) is 0 Å². The van der Waals surface area contributed by atoms with Gasteiger partial charge in [0.1, 0.15) is 0 Å². The van der Waals surface area contributed by atoms with Crippen LogP contribution in [-0.2, 0) is 0 Å². The van der Waals surface area contributed by atoms with Crippen LogP contribution < -0.4 is 0 Å². The first-order valence-electron chi connectivity index (χ1n) is 7.69. The molecule has 6 nitrogen and oxygen atoms in total. The van der Waals surface area contributed by atoms with Gasteiger partial charge in [0.05, 0.1) is 19.6 Å². The lowest BCUT2D eigenvalue weighted by Gasteiger charge is -2.46. The Bertz CT molecular complexity index is 583. The lowest BCUT2D eigenvalue weighted by molar-refractivity contribution is -0.0757. The minimum absolute atomic E-state index is 0.379. The van der Waals surface area contributed by atoms with Crippen molar-refractivity contribution >= 4 is 5.96 Å². The van der Waals surface area contributed by atoms with Crippen LogP contribution in [0.2, 0.25) is 0 Å². The molecule has 0 radical (unpaired) electrons. The van der Waals surface area contributed by atoms with Gasteiger partial charge in [-0.1, -0.05) is 36.5 Å². The summed E-state index contributed by atoms with van der Waals surface area (Å²) in [6, 6.07) is 0. The van der Waals surface area contributed by atoms with Crippen LogP contribution in [0.4, 0.5) is 0 Å². The van der Waals surface area contributed by atoms with Crippen LogP contribution in [0.3, 0.4) is 0 Å². The predicted molar refractivity (Wildman–Crippen MR) is 92.3 cm³/mol. The fourth-order valence-electron chi connectivity index (χ4n) is 2.52. The third-order valence-corrected chi connectivity index (χ3v) is 3.76. The zero-order chi connectivity index (χ0) is 16.1. The van der Waals surface area contributed by atoms with E-state index in [2.05, 4.69) is 18.2 Å². The van der Waals surface area contributed by atoms with E-state index >= 15 is 0 Å². The molecule has 6 heteroatoms. The Kier molecular flexibility index (Phi) is 4.52. The molecule has 0 atom stereocenters. The number of rotatable bonds is 3. The van der Waals surface area contributed by atoms with Gasteiger partial charge in [-0.05, 0) is 18.2 Å². The Morgan fingerprint density at radius 2 is 1.17 bits per heavy atom. The molecule has 1 N–H and O–H groups in total. The summed E-state index contributed by atoms with van der Waals surface area (Å²) in [5.74, 6) is 0.379. The van der Waals surface area contributed by atoms with Gasteiger partial charge in [-0.3, -0.25) is 25.4 Å². The van der Waals surface area contributed by atoms with Crippen LogP contribution in [0.1, 0.15) is 0 Å². The second-order valence-corrected chi connectivity index (χ2v) is 5.31. The monoisotopic (exact) mass is 310 g/mol. The molecule has 3 rings (SSSR count). The summed E-state index contributed by atoms with van der Waals surface area (Å²) in [5.41, 5.74) is 0. The molecule has 0 bridgehead atoms. The van der Waals surface area contributed by atoms with Crippen molar-refractivity contribution in [3.63, 3.8) is 0 Å². The number of guanidine groups is 1. The number of nitrogens with zero attached hydrogens (tertiary/aromatic N) is 5. The molecule has 0 aliphatic carbocycles. The van der Waals surface area contributed by atoms with E-state index in [4.69, 9.17) is 5.41 Å². The molecule has 0 fully saturated rings. The maximum Gasteiger partial charge on any atom is 0.252 e. The van der Waals surface area contributed by atoms with Gasteiger partial charge in [0.15, 0.2) is 0 Å². The summed E-state index contributed by atoms with van der Waals surface area (Å²) in [7, 11) is 1.91. The fraction of sp³-hybridized carbons (Fsp3) is 0.235. The molecular formula is C17H22N6. The van der Waals surface area contributed by atoms with Gasteiger partial charge in [0.25, 0.3) is 5.96 Å². The van der Waals surface area contributed by atoms with Crippen molar-refractivity contribution in [3.8, 4) is 0 Å². The summed E-state index contributed by atoms with van der Waals surface area (Å²) in [4.78, 5) is 0. The molecule has 3 aliphatic heterocycles. The molecule has 0 saturated heterocycles. The molecule has 0 unspecified atom stereocenters. The van der Waals surface area contributed by atoms with E-state index in [1.54, 1.807) is 0 Å². The van der Waals surface area contributed by atoms with Gasteiger partial charge in [-0.25, -0.2) is 0 Å². The number of nitrogens with one attached hydrogen (secondary N) is 1. The van der Waals surface area contributed by atoms with E-state index in [0.717, 1.165) is 19.6 Å². The molecule has 0 aromatic carbocycles. The van der Waals surface area contributed by atoms with Crippen molar-refractivity contribution in [1.82, 2.24) is 25.2 Å². The van der Waals surface area contributed by atoms with Crippen LogP contribution in [0.25, 0.3) is 0 Å². The second-order valence-electron chi connectivity index (χ2n) is 5.31. The van der Waals surface area contributed by atoms with Crippen molar-refractivity contribution in [2.45, 2.75) is 0 Å². The molecule has 3 heterocycles. The molecule has 0 aromatic rings. The molecule has 0 aromatic heterocycles. The largest absolute Gasteiger partial charge is 0.287 e. The van der Waals surface area contributed by atoms with Crippen molar-refractivity contribution < 1.29 is 0 Å². The third-order valence-electron chi connectivity index (χ3n) is 3.76. The lowest BCUT2D eigenvalue weighted by Crippen LogP contribution is -2.59. The molecule has 0 amide bonds.